The summed E-state index contributed by atoms with van der Waals surface area (Å²) in [6.07, 6.45) is 3.09. The minimum absolute atomic E-state index is 0.477. The molecule has 2 aromatic rings. The van der Waals surface area contributed by atoms with Crippen molar-refractivity contribution in [2.45, 2.75) is 12.8 Å². The predicted molar refractivity (Wildman–Crippen MR) is 53.4 cm³/mol. The summed E-state index contributed by atoms with van der Waals surface area (Å²) in [5.74, 6) is 1.23. The second kappa shape index (κ2) is 3.75. The molecule has 4 nitrogen and oxygen atoms in total. The Morgan fingerprint density at radius 2 is 2.29 bits per heavy atom. The van der Waals surface area contributed by atoms with E-state index in [1.165, 1.54) is 6.33 Å². The van der Waals surface area contributed by atoms with E-state index in [4.69, 9.17) is 11.6 Å². The van der Waals surface area contributed by atoms with Gasteiger partial charge in [0.1, 0.15) is 12.7 Å². The highest BCUT2D eigenvalue weighted by molar-refractivity contribution is 6.17. The van der Waals surface area contributed by atoms with E-state index in [2.05, 4.69) is 15.1 Å². The van der Waals surface area contributed by atoms with Crippen molar-refractivity contribution < 1.29 is 0 Å². The molecule has 5 heteroatoms. The topological polar surface area (TPSA) is 43.6 Å². The molecule has 14 heavy (non-hydrogen) atoms. The fourth-order valence-electron chi connectivity index (χ4n) is 1.24. The Kier molecular flexibility index (Phi) is 2.45. The van der Waals surface area contributed by atoms with Crippen LogP contribution in [0.15, 0.2) is 24.8 Å². The lowest BCUT2D eigenvalue weighted by Crippen LogP contribution is -2.00. The van der Waals surface area contributed by atoms with E-state index < -0.39 is 0 Å². The van der Waals surface area contributed by atoms with E-state index >= 15 is 0 Å². The molecule has 0 saturated carbocycles. The largest absolute Gasteiger partial charge is 0.234 e. The van der Waals surface area contributed by atoms with E-state index in [1.54, 1.807) is 11.0 Å². The number of rotatable bonds is 2. The molecule has 0 aliphatic rings. The van der Waals surface area contributed by atoms with E-state index in [-0.39, 0.29) is 0 Å². The number of alkyl halides is 1. The van der Waals surface area contributed by atoms with Crippen LogP contribution < -0.4 is 0 Å². The molecular formula is C9H9ClN4. The van der Waals surface area contributed by atoms with Gasteiger partial charge >= 0.3 is 0 Å². The number of nitrogens with zero attached hydrogens (tertiary/aromatic N) is 4. The van der Waals surface area contributed by atoms with E-state index in [0.717, 1.165) is 17.1 Å². The summed E-state index contributed by atoms with van der Waals surface area (Å²) in [5.41, 5.74) is 1.96. The summed E-state index contributed by atoms with van der Waals surface area (Å²) in [6, 6.07) is 3.85. The van der Waals surface area contributed by atoms with Gasteiger partial charge < -0.3 is 0 Å². The maximum Gasteiger partial charge on any atom is 0.155 e. The quantitative estimate of drug-likeness (QED) is 0.706. The van der Waals surface area contributed by atoms with Gasteiger partial charge in [0.25, 0.3) is 0 Å². The first-order valence-corrected chi connectivity index (χ1v) is 4.71. The second-order valence-electron chi connectivity index (χ2n) is 2.95. The standard InChI is InChI=1S/C9H9ClN4/c1-7-2-8(4-10)3-9(13-7)14-6-11-5-12-14/h2-3,5-6H,4H2,1H3. The highest BCUT2D eigenvalue weighted by Gasteiger charge is 2.01. The third kappa shape index (κ3) is 1.75. The first-order valence-electron chi connectivity index (χ1n) is 4.18. The third-order valence-electron chi connectivity index (χ3n) is 1.81. The number of aryl methyl sites for hydroxylation is 1. The number of aromatic nitrogens is 4. The van der Waals surface area contributed by atoms with Crippen LogP contribution in [0.1, 0.15) is 11.3 Å². The maximum atomic E-state index is 5.76. The lowest BCUT2D eigenvalue weighted by Gasteiger charge is -2.03. The summed E-state index contributed by atoms with van der Waals surface area (Å²) in [4.78, 5) is 8.19. The van der Waals surface area contributed by atoms with Crippen molar-refractivity contribution in [3.8, 4) is 5.82 Å². The Morgan fingerprint density at radius 3 is 2.93 bits per heavy atom. The van der Waals surface area contributed by atoms with Crippen LogP contribution in [-0.4, -0.2) is 19.7 Å². The fourth-order valence-corrected chi connectivity index (χ4v) is 1.40. The van der Waals surface area contributed by atoms with Crippen LogP contribution in [0.2, 0.25) is 0 Å². The van der Waals surface area contributed by atoms with Gasteiger partial charge in [-0.2, -0.15) is 5.10 Å². The van der Waals surface area contributed by atoms with Crippen LogP contribution in [0.3, 0.4) is 0 Å². The van der Waals surface area contributed by atoms with E-state index in [1.807, 2.05) is 19.1 Å². The van der Waals surface area contributed by atoms with E-state index in [9.17, 15) is 0 Å². The first kappa shape index (κ1) is 9.15. The molecule has 2 aromatic heterocycles. The summed E-state index contributed by atoms with van der Waals surface area (Å²) >= 11 is 5.76. The zero-order chi connectivity index (χ0) is 9.97. The Hall–Kier alpha value is -1.42. The predicted octanol–water partition coefficient (Wildman–Crippen LogP) is 1.71. The second-order valence-corrected chi connectivity index (χ2v) is 3.22. The Labute approximate surface area is 86.6 Å². The van der Waals surface area contributed by atoms with Crippen LogP contribution >= 0.6 is 11.6 Å². The molecule has 0 aliphatic carbocycles. The molecular weight excluding hydrogens is 200 g/mol. The summed E-state index contributed by atoms with van der Waals surface area (Å²) in [7, 11) is 0. The summed E-state index contributed by atoms with van der Waals surface area (Å²) in [5, 5.41) is 4.00. The van der Waals surface area contributed by atoms with Crippen molar-refractivity contribution in [1.82, 2.24) is 19.7 Å². The van der Waals surface area contributed by atoms with Crippen LogP contribution in [0, 0.1) is 6.92 Å². The maximum absolute atomic E-state index is 5.76. The van der Waals surface area contributed by atoms with Gasteiger partial charge in [0.2, 0.25) is 0 Å². The minimum Gasteiger partial charge on any atom is -0.234 e. The fraction of sp³-hybridized carbons (Fsp3) is 0.222. The third-order valence-corrected chi connectivity index (χ3v) is 2.12. The highest BCUT2D eigenvalue weighted by Crippen LogP contribution is 2.10. The zero-order valence-corrected chi connectivity index (χ0v) is 8.44. The highest BCUT2D eigenvalue weighted by atomic mass is 35.5. The van der Waals surface area contributed by atoms with Crippen molar-refractivity contribution in [3.05, 3.63) is 36.0 Å². The first-order chi connectivity index (χ1) is 6.79. The normalized spacial score (nSPS) is 10.4. The SMILES string of the molecule is Cc1cc(CCl)cc(-n2cncn2)n1. The molecule has 0 spiro atoms. The number of pyridine rings is 1. The van der Waals surface area contributed by atoms with Crippen LogP contribution in [-0.2, 0) is 5.88 Å². The molecule has 0 fully saturated rings. The summed E-state index contributed by atoms with van der Waals surface area (Å²) < 4.78 is 1.61. The monoisotopic (exact) mass is 208 g/mol. The molecule has 0 atom stereocenters. The molecule has 0 radical (unpaired) electrons. The molecule has 0 N–H and O–H groups in total. The van der Waals surface area contributed by atoms with Gasteiger partial charge in [-0.1, -0.05) is 0 Å². The van der Waals surface area contributed by atoms with Gasteiger partial charge in [0.05, 0.1) is 0 Å². The molecule has 2 heterocycles. The van der Waals surface area contributed by atoms with Crippen LogP contribution in [0.4, 0.5) is 0 Å². The van der Waals surface area contributed by atoms with Crippen LogP contribution in [0.5, 0.6) is 0 Å². The van der Waals surface area contributed by atoms with Crippen molar-refractivity contribution >= 4 is 11.6 Å². The average Bonchev–Trinajstić information content (AvgIpc) is 2.69. The van der Waals surface area contributed by atoms with Crippen molar-refractivity contribution in [3.63, 3.8) is 0 Å². The van der Waals surface area contributed by atoms with Crippen LogP contribution in [0.25, 0.3) is 5.82 Å². The van der Waals surface area contributed by atoms with Gasteiger partial charge in [0, 0.05) is 11.6 Å². The Balaban J connectivity index is 2.48. The number of hydrogen-bond acceptors (Lipinski definition) is 3. The van der Waals surface area contributed by atoms with E-state index in [0.29, 0.717) is 5.88 Å². The van der Waals surface area contributed by atoms with Crippen molar-refractivity contribution in [1.29, 1.82) is 0 Å². The Morgan fingerprint density at radius 1 is 1.43 bits per heavy atom. The lowest BCUT2D eigenvalue weighted by atomic mass is 10.2. The van der Waals surface area contributed by atoms with Gasteiger partial charge in [-0.05, 0) is 24.6 Å². The van der Waals surface area contributed by atoms with Gasteiger partial charge in [-0.3, -0.25) is 0 Å². The van der Waals surface area contributed by atoms with Crippen molar-refractivity contribution in [2.24, 2.45) is 0 Å². The lowest BCUT2D eigenvalue weighted by molar-refractivity contribution is 0.836. The summed E-state index contributed by atoms with van der Waals surface area (Å²) in [6.45, 7) is 1.93. The van der Waals surface area contributed by atoms with Gasteiger partial charge in [-0.25, -0.2) is 14.6 Å². The molecule has 0 unspecified atom stereocenters. The smallest absolute Gasteiger partial charge is 0.155 e. The van der Waals surface area contributed by atoms with Gasteiger partial charge in [0.15, 0.2) is 5.82 Å². The minimum atomic E-state index is 0.477. The zero-order valence-electron chi connectivity index (χ0n) is 7.68. The molecule has 0 bridgehead atoms. The molecule has 72 valence electrons. The molecule has 0 saturated heterocycles. The number of halogens is 1. The number of hydrogen-bond donors (Lipinski definition) is 0. The molecule has 0 amide bonds. The Bertz CT molecular complexity index is 424. The molecule has 0 aromatic carbocycles. The molecule has 2 rings (SSSR count). The van der Waals surface area contributed by atoms with Crippen molar-refractivity contribution in [2.75, 3.05) is 0 Å². The average molecular weight is 209 g/mol. The van der Waals surface area contributed by atoms with Gasteiger partial charge in [-0.15, -0.1) is 11.6 Å². The molecule has 0 aliphatic heterocycles.